The third-order valence-electron chi connectivity index (χ3n) is 12.6. The number of piperidine rings is 1. The zero-order valence-electron chi connectivity index (χ0n) is 32.6. The Hall–Kier alpha value is -5.45. The van der Waals surface area contributed by atoms with Gasteiger partial charge in [-0.2, -0.15) is 18.3 Å². The van der Waals surface area contributed by atoms with Crippen molar-refractivity contribution < 1.29 is 36.3 Å². The summed E-state index contributed by atoms with van der Waals surface area (Å²) in [5, 5.41) is 9.84. The molecule has 2 saturated carbocycles. The van der Waals surface area contributed by atoms with Gasteiger partial charge in [-0.3, -0.25) is 33.5 Å². The van der Waals surface area contributed by atoms with Crippen molar-refractivity contribution in [3.63, 3.8) is 0 Å². The number of nitrogens with zero attached hydrogens (tertiary/aromatic N) is 6. The first-order chi connectivity index (χ1) is 28.2. The van der Waals surface area contributed by atoms with Gasteiger partial charge in [-0.15, -0.1) is 0 Å². The van der Waals surface area contributed by atoms with E-state index in [2.05, 4.69) is 38.7 Å². The minimum Gasteiger partial charge on any atom is -0.320 e. The number of alkyl halides is 5. The van der Waals surface area contributed by atoms with Gasteiger partial charge in [0.2, 0.25) is 11.8 Å². The van der Waals surface area contributed by atoms with Gasteiger partial charge in [0.05, 0.1) is 28.3 Å². The molecular weight excluding hydrogens is 776 g/mol. The van der Waals surface area contributed by atoms with E-state index in [9.17, 15) is 41.1 Å². The van der Waals surface area contributed by atoms with Gasteiger partial charge in [0, 0.05) is 43.2 Å². The van der Waals surface area contributed by atoms with Crippen LogP contribution in [0.1, 0.15) is 116 Å². The van der Waals surface area contributed by atoms with E-state index in [1.54, 1.807) is 27.1 Å². The molecule has 1 unspecified atom stereocenters. The van der Waals surface area contributed by atoms with Crippen molar-refractivity contribution in [2.45, 2.75) is 101 Å². The van der Waals surface area contributed by atoms with E-state index in [1.807, 2.05) is 12.1 Å². The standard InChI is InChI=1S/C42H45F5N8O4/c1-52(26-15-11-24(12-16-26)28-5-3-7-33-37(28)53(2)41(59)55(33)34-17-18-36(56)50-40(34)58)21-23-9-13-27(14-10-23)54-22-25-19-32(29(38(43)44)20-31(25)51-54)49-39(57)30-6-4-8-35(48-30)42(45,46)47/h3-8,19-20,22-24,26-27,34,38H,9-18,21H2,1-2H3,(H,49,57)(H,50,56,58)/t23-,24-,26+,27-,34?. The number of hydrogen-bond acceptors (Lipinski definition) is 7. The fraction of sp³-hybridized carbons (Fsp3) is 0.476. The molecule has 2 N–H and O–H groups in total. The van der Waals surface area contributed by atoms with Gasteiger partial charge in [-0.1, -0.05) is 18.2 Å². The zero-order chi connectivity index (χ0) is 41.7. The van der Waals surface area contributed by atoms with E-state index >= 15 is 0 Å². The number of pyridine rings is 1. The molecule has 2 aromatic carbocycles. The van der Waals surface area contributed by atoms with Gasteiger partial charge in [-0.25, -0.2) is 18.6 Å². The van der Waals surface area contributed by atoms with Crippen LogP contribution in [0.2, 0.25) is 0 Å². The number of hydrogen-bond donors (Lipinski definition) is 2. The number of carbonyl (C=O) groups excluding carboxylic acids is 3. The molecule has 312 valence electrons. The van der Waals surface area contributed by atoms with E-state index in [4.69, 9.17) is 0 Å². The van der Waals surface area contributed by atoms with E-state index in [-0.39, 0.29) is 35.7 Å². The SMILES string of the molecule is Cn1c(=O)n(C2CCC(=O)NC2=O)c2cccc([C@H]3CC[C@@H](N(C)C[C@H]4CC[C@H](n5cc6cc(NC(=O)c7cccc(C(F)(F)F)n7)c(C(F)F)cc6n5)CC4)CC3)c21. The number of anilines is 1. The second-order valence-corrected chi connectivity index (χ2v) is 16.3. The summed E-state index contributed by atoms with van der Waals surface area (Å²) in [6, 6.07) is 11.1. The summed E-state index contributed by atoms with van der Waals surface area (Å²) in [7, 11) is 3.93. The number of rotatable bonds is 9. The predicted molar refractivity (Wildman–Crippen MR) is 209 cm³/mol. The molecule has 3 fully saturated rings. The largest absolute Gasteiger partial charge is 0.433 e. The average Bonchev–Trinajstić information content (AvgIpc) is 3.74. The van der Waals surface area contributed by atoms with Crippen molar-refractivity contribution in [1.82, 2.24) is 34.1 Å². The highest BCUT2D eigenvalue weighted by molar-refractivity contribution is 6.04. The van der Waals surface area contributed by atoms with Gasteiger partial charge in [0.1, 0.15) is 17.4 Å². The van der Waals surface area contributed by atoms with Crippen LogP contribution in [-0.2, 0) is 22.8 Å². The van der Waals surface area contributed by atoms with E-state index in [0.717, 1.165) is 87.2 Å². The summed E-state index contributed by atoms with van der Waals surface area (Å²) < 4.78 is 72.7. The number of aromatic nitrogens is 5. The molecule has 4 heterocycles. The van der Waals surface area contributed by atoms with Crippen LogP contribution in [0.25, 0.3) is 21.9 Å². The summed E-state index contributed by atoms with van der Waals surface area (Å²) in [4.78, 5) is 56.6. The number of carbonyl (C=O) groups is 3. The van der Waals surface area contributed by atoms with Crippen molar-refractivity contribution in [3.05, 3.63) is 87.7 Å². The number of fused-ring (bicyclic) bond motifs is 2. The molecule has 12 nitrogen and oxygen atoms in total. The summed E-state index contributed by atoms with van der Waals surface area (Å²) >= 11 is 0. The Labute approximate surface area is 335 Å². The Bertz CT molecular complexity index is 2480. The molecule has 1 saturated heterocycles. The first-order valence-corrected chi connectivity index (χ1v) is 20.1. The third kappa shape index (κ3) is 8.00. The Morgan fingerprint density at radius 3 is 2.39 bits per heavy atom. The zero-order valence-corrected chi connectivity index (χ0v) is 32.6. The number of halogens is 5. The second kappa shape index (κ2) is 16.0. The summed E-state index contributed by atoms with van der Waals surface area (Å²) in [6.07, 6.45) is 2.09. The van der Waals surface area contributed by atoms with Crippen LogP contribution in [0.15, 0.2) is 59.5 Å². The van der Waals surface area contributed by atoms with Crippen LogP contribution in [0.4, 0.5) is 27.6 Å². The highest BCUT2D eigenvalue weighted by Crippen LogP contribution is 2.40. The number of benzene rings is 2. The lowest BCUT2D eigenvalue weighted by atomic mass is 9.80. The van der Waals surface area contributed by atoms with Crippen LogP contribution >= 0.6 is 0 Å². The Morgan fingerprint density at radius 1 is 0.966 bits per heavy atom. The minimum absolute atomic E-state index is 0.0604. The molecule has 3 aromatic heterocycles. The molecule has 1 aliphatic heterocycles. The number of imide groups is 1. The lowest BCUT2D eigenvalue weighted by molar-refractivity contribution is -0.141. The monoisotopic (exact) mass is 820 g/mol. The number of nitrogens with one attached hydrogen (secondary N) is 2. The molecule has 8 rings (SSSR count). The normalized spacial score (nSPS) is 23.0. The van der Waals surface area contributed by atoms with E-state index < -0.39 is 47.4 Å². The van der Waals surface area contributed by atoms with E-state index in [0.29, 0.717) is 34.8 Å². The van der Waals surface area contributed by atoms with Crippen molar-refractivity contribution in [2.24, 2.45) is 13.0 Å². The second-order valence-electron chi connectivity index (χ2n) is 16.3. The van der Waals surface area contributed by atoms with Crippen molar-refractivity contribution >= 4 is 45.3 Å². The highest BCUT2D eigenvalue weighted by atomic mass is 19.4. The minimum atomic E-state index is -4.77. The molecule has 0 spiro atoms. The van der Waals surface area contributed by atoms with Crippen LogP contribution in [0.5, 0.6) is 0 Å². The number of aryl methyl sites for hydroxylation is 1. The molecule has 3 amide bonds. The molecular formula is C42H45F5N8O4. The Morgan fingerprint density at radius 2 is 1.69 bits per heavy atom. The first kappa shape index (κ1) is 40.3. The molecule has 0 bridgehead atoms. The maximum atomic E-state index is 14.1. The molecule has 59 heavy (non-hydrogen) atoms. The highest BCUT2D eigenvalue weighted by Gasteiger charge is 2.35. The Balaban J connectivity index is 0.875. The summed E-state index contributed by atoms with van der Waals surface area (Å²) in [6.45, 7) is 0.948. The van der Waals surface area contributed by atoms with Gasteiger partial charge >= 0.3 is 11.9 Å². The van der Waals surface area contributed by atoms with E-state index in [1.165, 1.54) is 12.1 Å². The van der Waals surface area contributed by atoms with Crippen molar-refractivity contribution in [3.8, 4) is 0 Å². The van der Waals surface area contributed by atoms with Crippen molar-refractivity contribution in [2.75, 3.05) is 18.9 Å². The van der Waals surface area contributed by atoms with Gasteiger partial charge in [-0.05, 0) is 113 Å². The average molecular weight is 821 g/mol. The Kier molecular flexibility index (Phi) is 10.9. The third-order valence-corrected chi connectivity index (χ3v) is 12.6. The fourth-order valence-electron chi connectivity index (χ4n) is 9.49. The molecule has 0 radical (unpaired) electrons. The van der Waals surface area contributed by atoms with Crippen LogP contribution in [0.3, 0.4) is 0 Å². The fourth-order valence-corrected chi connectivity index (χ4v) is 9.49. The molecule has 5 aromatic rings. The molecule has 1 atom stereocenters. The summed E-state index contributed by atoms with van der Waals surface area (Å²) in [5.41, 5.74) is 0.213. The molecule has 3 aliphatic rings. The molecule has 2 aliphatic carbocycles. The lowest BCUT2D eigenvalue weighted by Gasteiger charge is -2.38. The van der Waals surface area contributed by atoms with Gasteiger partial charge in [0.15, 0.2) is 0 Å². The molecule has 17 heteroatoms. The predicted octanol–water partition coefficient (Wildman–Crippen LogP) is 7.66. The quantitative estimate of drug-likeness (QED) is 0.115. The maximum Gasteiger partial charge on any atom is 0.433 e. The van der Waals surface area contributed by atoms with Crippen LogP contribution < -0.4 is 16.3 Å². The van der Waals surface area contributed by atoms with Crippen LogP contribution in [-0.4, -0.2) is 66.2 Å². The smallest absolute Gasteiger partial charge is 0.320 e. The lowest BCUT2D eigenvalue weighted by Crippen LogP contribution is -2.44. The van der Waals surface area contributed by atoms with Gasteiger partial charge < -0.3 is 10.2 Å². The maximum absolute atomic E-state index is 14.1. The summed E-state index contributed by atoms with van der Waals surface area (Å²) in [5.74, 6) is -1.06. The van der Waals surface area contributed by atoms with Gasteiger partial charge in [0.25, 0.3) is 12.3 Å². The number of para-hydroxylation sites is 1. The number of amides is 3. The van der Waals surface area contributed by atoms with Crippen molar-refractivity contribution in [1.29, 1.82) is 0 Å². The number of imidazole rings is 1. The first-order valence-electron chi connectivity index (χ1n) is 20.1. The van der Waals surface area contributed by atoms with Crippen LogP contribution in [0, 0.1) is 5.92 Å². The topological polar surface area (TPSA) is 136 Å².